The van der Waals surface area contributed by atoms with Gasteiger partial charge in [-0.2, -0.15) is 5.26 Å². The molecular formula is C19H22ClN3S. The number of nitrogens with zero attached hydrogens (tertiary/aromatic N) is 2. The van der Waals surface area contributed by atoms with E-state index in [1.807, 2.05) is 30.9 Å². The number of benzene rings is 2. The van der Waals surface area contributed by atoms with Crippen LogP contribution in [0.4, 0.5) is 5.69 Å². The molecular weight excluding hydrogens is 338 g/mol. The summed E-state index contributed by atoms with van der Waals surface area (Å²) in [4.78, 5) is 3.34. The average molecular weight is 360 g/mol. The normalized spacial score (nSPS) is 10.4. The maximum Gasteiger partial charge on any atom is 0.0640 e. The van der Waals surface area contributed by atoms with Gasteiger partial charge < -0.3 is 10.2 Å². The zero-order valence-electron chi connectivity index (χ0n) is 13.8. The first-order chi connectivity index (χ1) is 11.7. The Balaban J connectivity index is 1.67. The molecule has 126 valence electrons. The summed E-state index contributed by atoms with van der Waals surface area (Å²) in [6, 6.07) is 18.6. The summed E-state index contributed by atoms with van der Waals surface area (Å²) in [7, 11) is 2.01. The number of nitrogens with one attached hydrogen (secondary N) is 1. The highest BCUT2D eigenvalue weighted by atomic mass is 35.5. The van der Waals surface area contributed by atoms with Gasteiger partial charge in [0.1, 0.15) is 0 Å². The van der Waals surface area contributed by atoms with Gasteiger partial charge in [-0.05, 0) is 42.0 Å². The van der Waals surface area contributed by atoms with Gasteiger partial charge in [-0.15, -0.1) is 11.8 Å². The van der Waals surface area contributed by atoms with Crippen molar-refractivity contribution in [3.8, 4) is 6.07 Å². The van der Waals surface area contributed by atoms with Crippen molar-refractivity contribution in [1.82, 2.24) is 5.32 Å². The highest BCUT2D eigenvalue weighted by Gasteiger charge is 2.01. The lowest BCUT2D eigenvalue weighted by molar-refractivity contribution is 0.732. The quantitative estimate of drug-likeness (QED) is 0.525. The largest absolute Gasteiger partial charge is 0.374 e. The summed E-state index contributed by atoms with van der Waals surface area (Å²) in [5.74, 6) is 1.02. The Morgan fingerprint density at radius 1 is 1.12 bits per heavy atom. The number of hydrogen-bond acceptors (Lipinski definition) is 4. The Morgan fingerprint density at radius 3 is 2.50 bits per heavy atom. The maximum atomic E-state index is 8.64. The summed E-state index contributed by atoms with van der Waals surface area (Å²) in [5.41, 5.74) is 2.41. The standard InChI is InChI=1S/C19H22ClN3S/c1-23(13-2-11-21)18-7-3-16(4-8-18)15-22-12-14-24-19-9-5-17(20)6-10-19/h3-10,22H,2,12-15H2,1H3. The van der Waals surface area contributed by atoms with Crippen LogP contribution in [0.25, 0.3) is 0 Å². The number of thioether (sulfide) groups is 1. The van der Waals surface area contributed by atoms with Crippen molar-refractivity contribution in [3.05, 3.63) is 59.1 Å². The van der Waals surface area contributed by atoms with Crippen molar-refractivity contribution >= 4 is 29.1 Å². The van der Waals surface area contributed by atoms with Gasteiger partial charge in [0.15, 0.2) is 0 Å². The minimum atomic E-state index is 0.547. The predicted octanol–water partition coefficient (Wildman–Crippen LogP) is 4.57. The zero-order chi connectivity index (χ0) is 17.2. The third-order valence-electron chi connectivity index (χ3n) is 3.63. The molecule has 0 saturated heterocycles. The maximum absolute atomic E-state index is 8.64. The topological polar surface area (TPSA) is 39.1 Å². The van der Waals surface area contributed by atoms with Crippen molar-refractivity contribution in [3.63, 3.8) is 0 Å². The van der Waals surface area contributed by atoms with Crippen LogP contribution < -0.4 is 10.2 Å². The summed E-state index contributed by atoms with van der Waals surface area (Å²) >= 11 is 7.70. The Hall–Kier alpha value is -1.67. The molecule has 3 nitrogen and oxygen atoms in total. The molecule has 0 saturated carbocycles. The van der Waals surface area contributed by atoms with Crippen molar-refractivity contribution in [2.24, 2.45) is 0 Å². The van der Waals surface area contributed by atoms with Crippen LogP contribution in [0, 0.1) is 11.3 Å². The lowest BCUT2D eigenvalue weighted by atomic mass is 10.2. The number of anilines is 1. The third kappa shape index (κ3) is 6.45. The lowest BCUT2D eigenvalue weighted by Crippen LogP contribution is -2.18. The minimum absolute atomic E-state index is 0.547. The third-order valence-corrected chi connectivity index (χ3v) is 4.89. The molecule has 0 atom stereocenters. The number of hydrogen-bond donors (Lipinski definition) is 1. The van der Waals surface area contributed by atoms with E-state index in [-0.39, 0.29) is 0 Å². The average Bonchev–Trinajstić information content (AvgIpc) is 2.61. The van der Waals surface area contributed by atoms with Gasteiger partial charge in [-0.25, -0.2) is 0 Å². The van der Waals surface area contributed by atoms with Crippen LogP contribution >= 0.6 is 23.4 Å². The summed E-state index contributed by atoms with van der Waals surface area (Å²) < 4.78 is 0. The van der Waals surface area contributed by atoms with Crippen LogP contribution in [-0.2, 0) is 6.54 Å². The molecule has 2 aromatic carbocycles. The van der Waals surface area contributed by atoms with Crippen molar-refractivity contribution in [2.45, 2.75) is 17.9 Å². The Labute approximate surface area is 153 Å². The van der Waals surface area contributed by atoms with E-state index in [0.717, 1.165) is 36.1 Å². The summed E-state index contributed by atoms with van der Waals surface area (Å²) in [6.45, 7) is 2.58. The number of rotatable bonds is 9. The van der Waals surface area contributed by atoms with E-state index in [2.05, 4.69) is 52.7 Å². The fourth-order valence-electron chi connectivity index (χ4n) is 2.22. The van der Waals surface area contributed by atoms with E-state index in [9.17, 15) is 0 Å². The van der Waals surface area contributed by atoms with Crippen molar-refractivity contribution in [1.29, 1.82) is 5.26 Å². The lowest BCUT2D eigenvalue weighted by Gasteiger charge is -2.18. The minimum Gasteiger partial charge on any atom is -0.374 e. The highest BCUT2D eigenvalue weighted by molar-refractivity contribution is 7.99. The van der Waals surface area contributed by atoms with Gasteiger partial charge in [0.25, 0.3) is 0 Å². The molecule has 0 amide bonds. The second kappa shape index (κ2) is 10.2. The van der Waals surface area contributed by atoms with E-state index in [4.69, 9.17) is 16.9 Å². The number of halogens is 1. The van der Waals surface area contributed by atoms with E-state index in [1.165, 1.54) is 10.5 Å². The molecule has 0 aliphatic rings. The molecule has 1 N–H and O–H groups in total. The Kier molecular flexibility index (Phi) is 7.97. The van der Waals surface area contributed by atoms with Crippen molar-refractivity contribution in [2.75, 3.05) is 30.8 Å². The molecule has 0 aliphatic carbocycles. The molecule has 0 spiro atoms. The van der Waals surface area contributed by atoms with E-state index < -0.39 is 0 Å². The summed E-state index contributed by atoms with van der Waals surface area (Å²) in [6.07, 6.45) is 0.547. The van der Waals surface area contributed by atoms with Gasteiger partial charge in [0.2, 0.25) is 0 Å². The molecule has 0 heterocycles. The second-order valence-corrected chi connectivity index (χ2v) is 7.08. The van der Waals surface area contributed by atoms with Crippen LogP contribution in [0.15, 0.2) is 53.4 Å². The monoisotopic (exact) mass is 359 g/mol. The number of nitriles is 1. The van der Waals surface area contributed by atoms with Crippen LogP contribution in [0.1, 0.15) is 12.0 Å². The zero-order valence-corrected chi connectivity index (χ0v) is 15.4. The smallest absolute Gasteiger partial charge is 0.0640 e. The molecule has 0 aromatic heterocycles. The molecule has 0 bridgehead atoms. The van der Waals surface area contributed by atoms with Gasteiger partial charge in [0.05, 0.1) is 12.5 Å². The molecule has 2 rings (SSSR count). The van der Waals surface area contributed by atoms with Gasteiger partial charge in [-0.1, -0.05) is 23.7 Å². The first-order valence-corrected chi connectivity index (χ1v) is 9.31. The predicted molar refractivity (Wildman–Crippen MR) is 104 cm³/mol. The molecule has 2 aromatic rings. The van der Waals surface area contributed by atoms with Crippen LogP contribution in [0.3, 0.4) is 0 Å². The first kappa shape index (κ1) is 18.7. The van der Waals surface area contributed by atoms with Crippen molar-refractivity contribution < 1.29 is 0 Å². The second-order valence-electron chi connectivity index (χ2n) is 5.48. The molecule has 5 heteroatoms. The van der Waals surface area contributed by atoms with E-state index >= 15 is 0 Å². The van der Waals surface area contributed by atoms with Gasteiger partial charge >= 0.3 is 0 Å². The SMILES string of the molecule is CN(CCC#N)c1ccc(CNCCSc2ccc(Cl)cc2)cc1. The van der Waals surface area contributed by atoms with Crippen LogP contribution in [0.2, 0.25) is 5.02 Å². The van der Waals surface area contributed by atoms with Gasteiger partial charge in [0, 0.05) is 48.0 Å². The fourth-order valence-corrected chi connectivity index (χ4v) is 3.16. The Bertz CT molecular complexity index is 650. The molecule has 0 radical (unpaired) electrons. The molecule has 24 heavy (non-hydrogen) atoms. The molecule has 0 aliphatic heterocycles. The summed E-state index contributed by atoms with van der Waals surface area (Å²) in [5, 5.41) is 12.9. The van der Waals surface area contributed by atoms with Crippen LogP contribution in [0.5, 0.6) is 0 Å². The van der Waals surface area contributed by atoms with Crippen LogP contribution in [-0.4, -0.2) is 25.9 Å². The first-order valence-electron chi connectivity index (χ1n) is 7.95. The van der Waals surface area contributed by atoms with Gasteiger partial charge in [-0.3, -0.25) is 0 Å². The van der Waals surface area contributed by atoms with E-state index in [0.29, 0.717) is 6.42 Å². The molecule has 0 unspecified atom stereocenters. The highest BCUT2D eigenvalue weighted by Crippen LogP contribution is 2.19. The van der Waals surface area contributed by atoms with E-state index in [1.54, 1.807) is 0 Å². The molecule has 0 fully saturated rings. The Morgan fingerprint density at radius 2 is 1.83 bits per heavy atom. The fraction of sp³-hybridized carbons (Fsp3) is 0.316.